The van der Waals surface area contributed by atoms with Crippen LogP contribution in [0.15, 0.2) is 53.5 Å². The summed E-state index contributed by atoms with van der Waals surface area (Å²) in [5, 5.41) is 2.32. The van der Waals surface area contributed by atoms with Gasteiger partial charge in [-0.25, -0.2) is 0 Å². The molecular formula is C22H23N3O. The summed E-state index contributed by atoms with van der Waals surface area (Å²) < 4.78 is 2.24. The highest BCUT2D eigenvalue weighted by Crippen LogP contribution is 2.29. The number of pyridine rings is 1. The van der Waals surface area contributed by atoms with Crippen molar-refractivity contribution >= 4 is 27.5 Å². The number of aromatic nitrogens is 2. The molecule has 2 heterocycles. The van der Waals surface area contributed by atoms with Crippen molar-refractivity contribution in [3.63, 3.8) is 0 Å². The van der Waals surface area contributed by atoms with E-state index in [1.165, 1.54) is 16.5 Å². The zero-order valence-electron chi connectivity index (χ0n) is 15.3. The van der Waals surface area contributed by atoms with Crippen LogP contribution in [-0.2, 0) is 6.54 Å². The highest BCUT2D eigenvalue weighted by atomic mass is 16.1. The quantitative estimate of drug-likeness (QED) is 0.535. The molecular weight excluding hydrogens is 322 g/mol. The number of hydrogen-bond acceptors (Lipinski definition) is 2. The maximum Gasteiger partial charge on any atom is 0.248 e. The molecule has 0 aliphatic carbocycles. The van der Waals surface area contributed by atoms with Crippen LogP contribution in [0, 0.1) is 6.92 Å². The number of aryl methyl sites for hydroxylation is 1. The lowest BCUT2D eigenvalue weighted by Crippen LogP contribution is -2.10. The first-order chi connectivity index (χ1) is 12.5. The molecule has 0 saturated heterocycles. The number of hydrogen-bond donors (Lipinski definition) is 2. The molecule has 2 aromatic carbocycles. The fraction of sp³-hybridized carbons (Fsp3) is 0.227. The average molecular weight is 345 g/mol. The molecule has 26 heavy (non-hydrogen) atoms. The third-order valence-corrected chi connectivity index (χ3v) is 5.19. The van der Waals surface area contributed by atoms with Crippen molar-refractivity contribution < 1.29 is 0 Å². The minimum absolute atomic E-state index is 0.0956. The van der Waals surface area contributed by atoms with E-state index in [1.807, 2.05) is 19.1 Å². The van der Waals surface area contributed by atoms with E-state index in [4.69, 9.17) is 5.73 Å². The number of nitrogens with two attached hydrogens (primary N) is 1. The Labute approximate surface area is 152 Å². The molecule has 0 aliphatic rings. The largest absolute Gasteiger partial charge is 0.398 e. The van der Waals surface area contributed by atoms with Gasteiger partial charge in [-0.15, -0.1) is 0 Å². The number of nitrogens with one attached hydrogen (secondary N) is 1. The lowest BCUT2D eigenvalue weighted by atomic mass is 10.0. The van der Waals surface area contributed by atoms with Crippen molar-refractivity contribution in [2.24, 2.45) is 0 Å². The molecule has 4 nitrogen and oxygen atoms in total. The third-order valence-electron chi connectivity index (χ3n) is 5.19. The van der Waals surface area contributed by atoms with Gasteiger partial charge in [0.25, 0.3) is 0 Å². The summed E-state index contributed by atoms with van der Waals surface area (Å²) in [6.07, 6.45) is 2.21. The van der Waals surface area contributed by atoms with Gasteiger partial charge in [0.05, 0.1) is 5.52 Å². The van der Waals surface area contributed by atoms with E-state index in [-0.39, 0.29) is 5.56 Å². The second-order valence-electron chi connectivity index (χ2n) is 7.25. The highest BCUT2D eigenvalue weighted by molar-refractivity contribution is 5.89. The van der Waals surface area contributed by atoms with Gasteiger partial charge in [-0.05, 0) is 41.7 Å². The Morgan fingerprint density at radius 3 is 2.65 bits per heavy atom. The normalized spacial score (nSPS) is 11.7. The Hall–Kier alpha value is -3.01. The second kappa shape index (κ2) is 6.06. The van der Waals surface area contributed by atoms with Crippen LogP contribution in [-0.4, -0.2) is 9.55 Å². The number of aromatic amines is 1. The van der Waals surface area contributed by atoms with Gasteiger partial charge in [0.2, 0.25) is 5.56 Å². The summed E-state index contributed by atoms with van der Waals surface area (Å²) in [6.45, 7) is 7.01. The molecule has 0 radical (unpaired) electrons. The Morgan fingerprint density at radius 2 is 1.88 bits per heavy atom. The second-order valence-corrected chi connectivity index (χ2v) is 7.25. The fourth-order valence-corrected chi connectivity index (χ4v) is 3.73. The van der Waals surface area contributed by atoms with E-state index >= 15 is 0 Å². The molecule has 2 aromatic heterocycles. The first-order valence-electron chi connectivity index (χ1n) is 8.94. The van der Waals surface area contributed by atoms with Crippen LogP contribution in [0.25, 0.3) is 21.8 Å². The first-order valence-corrected chi connectivity index (χ1v) is 8.94. The molecule has 0 amide bonds. The van der Waals surface area contributed by atoms with Crippen molar-refractivity contribution in [1.82, 2.24) is 9.55 Å². The van der Waals surface area contributed by atoms with Crippen molar-refractivity contribution in [2.75, 3.05) is 5.73 Å². The summed E-state index contributed by atoms with van der Waals surface area (Å²) in [6, 6.07) is 14.0. The van der Waals surface area contributed by atoms with Crippen molar-refractivity contribution in [3.05, 3.63) is 75.7 Å². The Balaban J connectivity index is 1.93. The molecule has 0 spiro atoms. The molecule has 132 valence electrons. The third kappa shape index (κ3) is 2.58. The maximum absolute atomic E-state index is 12.2. The number of nitrogen functional groups attached to an aromatic ring is 1. The minimum atomic E-state index is -0.0956. The predicted molar refractivity (Wildman–Crippen MR) is 109 cm³/mol. The van der Waals surface area contributed by atoms with Crippen molar-refractivity contribution in [1.29, 1.82) is 0 Å². The molecule has 4 rings (SSSR count). The molecule has 0 aliphatic heterocycles. The number of anilines is 1. The predicted octanol–water partition coefficient (Wildman–Crippen LogP) is 4.55. The Kier molecular flexibility index (Phi) is 3.83. The van der Waals surface area contributed by atoms with Gasteiger partial charge in [0.1, 0.15) is 0 Å². The van der Waals surface area contributed by atoms with Crippen LogP contribution >= 0.6 is 0 Å². The minimum Gasteiger partial charge on any atom is -0.398 e. The Bertz CT molecular complexity index is 1180. The Morgan fingerprint density at radius 1 is 1.12 bits per heavy atom. The molecule has 0 atom stereocenters. The molecule has 3 N–H and O–H groups in total. The topological polar surface area (TPSA) is 63.8 Å². The summed E-state index contributed by atoms with van der Waals surface area (Å²) in [4.78, 5) is 15.2. The number of H-pyrrole nitrogens is 1. The number of rotatable bonds is 3. The first kappa shape index (κ1) is 16.5. The van der Waals surface area contributed by atoms with Gasteiger partial charge in [-0.1, -0.05) is 38.1 Å². The van der Waals surface area contributed by atoms with Crippen LogP contribution in [0.3, 0.4) is 0 Å². The van der Waals surface area contributed by atoms with E-state index < -0.39 is 0 Å². The number of nitrogens with zero attached hydrogens (tertiary/aromatic N) is 1. The van der Waals surface area contributed by atoms with Crippen LogP contribution < -0.4 is 11.3 Å². The van der Waals surface area contributed by atoms with E-state index in [0.29, 0.717) is 18.2 Å². The molecule has 0 saturated carbocycles. The SMILES string of the molecule is Cc1c(N)ccc2c(Cn3cc(C(C)C)c4ccccc43)cc(=O)[nH]c12. The summed E-state index contributed by atoms with van der Waals surface area (Å²) >= 11 is 0. The average Bonchev–Trinajstić information content (AvgIpc) is 2.98. The van der Waals surface area contributed by atoms with Gasteiger partial charge < -0.3 is 15.3 Å². The zero-order chi connectivity index (χ0) is 18.4. The zero-order valence-corrected chi connectivity index (χ0v) is 15.3. The monoisotopic (exact) mass is 345 g/mol. The lowest BCUT2D eigenvalue weighted by molar-refractivity contribution is 0.812. The lowest BCUT2D eigenvalue weighted by Gasteiger charge is -2.11. The fourth-order valence-electron chi connectivity index (χ4n) is 3.73. The van der Waals surface area contributed by atoms with Gasteiger partial charge in [-0.3, -0.25) is 4.79 Å². The van der Waals surface area contributed by atoms with Crippen molar-refractivity contribution in [2.45, 2.75) is 33.2 Å². The summed E-state index contributed by atoms with van der Waals surface area (Å²) in [7, 11) is 0. The van der Waals surface area contributed by atoms with Crippen LogP contribution in [0.2, 0.25) is 0 Å². The van der Waals surface area contributed by atoms with E-state index in [1.54, 1.807) is 6.07 Å². The highest BCUT2D eigenvalue weighted by Gasteiger charge is 2.13. The van der Waals surface area contributed by atoms with Crippen LogP contribution in [0.5, 0.6) is 0 Å². The molecule has 4 heteroatoms. The molecule has 0 unspecified atom stereocenters. The molecule has 0 fully saturated rings. The number of benzene rings is 2. The number of para-hydroxylation sites is 1. The number of fused-ring (bicyclic) bond motifs is 2. The summed E-state index contributed by atoms with van der Waals surface area (Å²) in [5.74, 6) is 0.444. The maximum atomic E-state index is 12.2. The van der Waals surface area contributed by atoms with Gasteiger partial charge in [0, 0.05) is 40.8 Å². The van der Waals surface area contributed by atoms with E-state index in [0.717, 1.165) is 22.0 Å². The van der Waals surface area contributed by atoms with Gasteiger partial charge in [-0.2, -0.15) is 0 Å². The van der Waals surface area contributed by atoms with E-state index in [9.17, 15) is 4.79 Å². The van der Waals surface area contributed by atoms with E-state index in [2.05, 4.69) is 53.9 Å². The molecule has 4 aromatic rings. The van der Waals surface area contributed by atoms with Gasteiger partial charge >= 0.3 is 0 Å². The smallest absolute Gasteiger partial charge is 0.248 e. The summed E-state index contributed by atoms with van der Waals surface area (Å²) in [5.41, 5.74) is 11.9. The van der Waals surface area contributed by atoms with Crippen LogP contribution in [0.1, 0.15) is 36.5 Å². The van der Waals surface area contributed by atoms with Crippen LogP contribution in [0.4, 0.5) is 5.69 Å². The molecule has 0 bridgehead atoms. The van der Waals surface area contributed by atoms with Gasteiger partial charge in [0.15, 0.2) is 0 Å². The van der Waals surface area contributed by atoms with Crippen molar-refractivity contribution in [3.8, 4) is 0 Å². The standard InChI is InChI=1S/C22H23N3O/c1-13(2)18-12-25(20-7-5-4-6-17(18)20)11-15-10-21(26)24-22-14(3)19(23)9-8-16(15)22/h4-10,12-13H,11,23H2,1-3H3,(H,24,26).